The smallest absolute Gasteiger partial charge is 0.273 e. The van der Waals surface area contributed by atoms with E-state index < -0.39 is 10.0 Å². The number of hydrogen-bond acceptors (Lipinski definition) is 6. The summed E-state index contributed by atoms with van der Waals surface area (Å²) in [4.78, 5) is 8.29. The van der Waals surface area contributed by atoms with Gasteiger partial charge in [-0.3, -0.25) is 4.31 Å². The monoisotopic (exact) mass is 439 g/mol. The van der Waals surface area contributed by atoms with Crippen molar-refractivity contribution in [1.29, 1.82) is 0 Å². The molecule has 0 atom stereocenters. The van der Waals surface area contributed by atoms with Crippen LogP contribution >= 0.6 is 34.3 Å². The number of anilines is 1. The fourth-order valence-electron chi connectivity index (χ4n) is 2.75. The highest BCUT2D eigenvalue weighted by molar-refractivity contribution is 7.94. The van der Waals surface area contributed by atoms with Crippen LogP contribution in [0.2, 0.25) is 5.02 Å². The lowest BCUT2D eigenvalue weighted by molar-refractivity contribution is 0.285. The molecule has 4 rings (SSSR count). The molecule has 0 saturated heterocycles. The van der Waals surface area contributed by atoms with Gasteiger partial charge in [-0.1, -0.05) is 23.7 Å². The Labute approximate surface area is 168 Å². The fraction of sp³-hybridized carbons (Fsp3) is 0.118. The number of aromatic nitrogens is 2. The summed E-state index contributed by atoms with van der Waals surface area (Å²) in [7, 11) is -2.23. The topological polar surface area (TPSA) is 86.3 Å². The third-order valence-corrected chi connectivity index (χ3v) is 8.54. The molecule has 0 spiro atoms. The number of rotatable bonds is 5. The van der Waals surface area contributed by atoms with Gasteiger partial charge < -0.3 is 10.1 Å². The zero-order valence-electron chi connectivity index (χ0n) is 14.0. The number of aromatic amines is 1. The number of hydrogen-bond donors (Lipinski definition) is 2. The van der Waals surface area contributed by atoms with Gasteiger partial charge in [-0.15, -0.1) is 22.7 Å². The number of thiophene rings is 1. The van der Waals surface area contributed by atoms with Crippen LogP contribution < -0.4 is 4.31 Å². The van der Waals surface area contributed by atoms with E-state index in [0.717, 1.165) is 27.3 Å². The van der Waals surface area contributed by atoms with Crippen LogP contribution in [0.3, 0.4) is 0 Å². The minimum Gasteiger partial charge on any atom is -0.391 e. The molecular formula is C17H14ClN3O3S3. The van der Waals surface area contributed by atoms with E-state index in [9.17, 15) is 13.5 Å². The van der Waals surface area contributed by atoms with Crippen molar-refractivity contribution in [1.82, 2.24) is 9.97 Å². The number of H-pyrrole nitrogens is 1. The lowest BCUT2D eigenvalue weighted by Crippen LogP contribution is -2.26. The zero-order chi connectivity index (χ0) is 19.2. The van der Waals surface area contributed by atoms with Crippen LogP contribution in [0.4, 0.5) is 5.69 Å². The molecule has 140 valence electrons. The van der Waals surface area contributed by atoms with Gasteiger partial charge >= 0.3 is 0 Å². The Balaban J connectivity index is 1.86. The number of aliphatic hydroxyl groups is 1. The minimum absolute atomic E-state index is 0.0727. The first-order valence-electron chi connectivity index (χ1n) is 7.81. The maximum atomic E-state index is 12.9. The molecule has 0 radical (unpaired) electrons. The summed E-state index contributed by atoms with van der Waals surface area (Å²) in [5.41, 5.74) is 1.73. The van der Waals surface area contributed by atoms with E-state index in [-0.39, 0.29) is 10.8 Å². The Hall–Kier alpha value is -1.91. The first-order valence-corrected chi connectivity index (χ1v) is 11.3. The molecule has 1 aromatic carbocycles. The molecule has 0 fully saturated rings. The maximum absolute atomic E-state index is 12.9. The van der Waals surface area contributed by atoms with Gasteiger partial charge in [0.2, 0.25) is 0 Å². The summed E-state index contributed by atoms with van der Waals surface area (Å²) in [5.74, 6) is 0. The number of thiazole rings is 1. The van der Waals surface area contributed by atoms with E-state index in [1.54, 1.807) is 29.8 Å². The van der Waals surface area contributed by atoms with E-state index in [1.807, 2.05) is 12.1 Å². The van der Waals surface area contributed by atoms with Crippen LogP contribution in [0.1, 0.15) is 4.88 Å². The number of fused-ring (bicyclic) bond motifs is 1. The van der Waals surface area contributed by atoms with Gasteiger partial charge in [-0.2, -0.15) is 0 Å². The van der Waals surface area contributed by atoms with Crippen molar-refractivity contribution in [3.8, 4) is 10.7 Å². The summed E-state index contributed by atoms with van der Waals surface area (Å²) in [6.45, 7) is -0.0727. The molecule has 3 heterocycles. The second-order valence-corrected chi connectivity index (χ2v) is 10.4. The van der Waals surface area contributed by atoms with Crippen molar-refractivity contribution in [3.63, 3.8) is 0 Å². The maximum Gasteiger partial charge on any atom is 0.273 e. The van der Waals surface area contributed by atoms with Crippen molar-refractivity contribution in [2.45, 2.75) is 10.8 Å². The highest BCUT2D eigenvalue weighted by atomic mass is 35.5. The molecule has 2 N–H and O–H groups in total. The van der Waals surface area contributed by atoms with Crippen LogP contribution in [0, 0.1) is 0 Å². The molecule has 6 nitrogen and oxygen atoms in total. The van der Waals surface area contributed by atoms with Crippen LogP contribution in [0.25, 0.3) is 21.6 Å². The van der Waals surface area contributed by atoms with E-state index in [1.165, 1.54) is 22.7 Å². The molecule has 0 aliphatic rings. The lowest BCUT2D eigenvalue weighted by atomic mass is 10.2. The van der Waals surface area contributed by atoms with Crippen molar-refractivity contribution in [2.24, 2.45) is 0 Å². The Morgan fingerprint density at radius 1 is 1.33 bits per heavy atom. The number of nitrogens with zero attached hydrogens (tertiary/aromatic N) is 2. The fourth-order valence-corrected chi connectivity index (χ4v) is 6.22. The highest BCUT2D eigenvalue weighted by Crippen LogP contribution is 2.39. The van der Waals surface area contributed by atoms with Gasteiger partial charge in [0.25, 0.3) is 10.0 Å². The van der Waals surface area contributed by atoms with Gasteiger partial charge in [-0.05, 0) is 23.6 Å². The van der Waals surface area contributed by atoms with Crippen LogP contribution in [0.15, 0.2) is 46.1 Å². The quantitative estimate of drug-likeness (QED) is 0.484. The largest absolute Gasteiger partial charge is 0.391 e. The average Bonchev–Trinajstić information content (AvgIpc) is 3.39. The highest BCUT2D eigenvalue weighted by Gasteiger charge is 2.26. The Kier molecular flexibility index (Phi) is 4.73. The molecule has 10 heteroatoms. The molecule has 3 aromatic heterocycles. The predicted molar refractivity (Wildman–Crippen MR) is 110 cm³/mol. The van der Waals surface area contributed by atoms with E-state index >= 15 is 0 Å². The van der Waals surface area contributed by atoms with Gasteiger partial charge in [0.15, 0.2) is 0 Å². The summed E-state index contributed by atoms with van der Waals surface area (Å²) in [5, 5.41) is 12.8. The standard InChI is InChI=1S/C17H14ClN3O3S3/c1-21(27(23,24)14-3-2-6-25-14)16-12(18)5-4-10-7-13(20-15(10)16)17-19-8-11(9-22)26-17/h2-8,20,22H,9H2,1H3. The van der Waals surface area contributed by atoms with Crippen LogP contribution in [0.5, 0.6) is 0 Å². The summed E-state index contributed by atoms with van der Waals surface area (Å²) in [6, 6.07) is 8.66. The molecule has 0 unspecified atom stereocenters. The van der Waals surface area contributed by atoms with Crippen molar-refractivity contribution < 1.29 is 13.5 Å². The molecule has 27 heavy (non-hydrogen) atoms. The first-order chi connectivity index (χ1) is 12.9. The van der Waals surface area contributed by atoms with Crippen molar-refractivity contribution in [3.05, 3.63) is 51.8 Å². The number of aliphatic hydroxyl groups excluding tert-OH is 1. The molecule has 0 aliphatic heterocycles. The SMILES string of the molecule is CN(c1c(Cl)ccc2cc(-c3ncc(CO)s3)[nH]c12)S(=O)(=O)c1cccs1. The van der Waals surface area contributed by atoms with Gasteiger partial charge in [0, 0.05) is 18.6 Å². The van der Waals surface area contributed by atoms with Gasteiger partial charge in [0.05, 0.1) is 33.4 Å². The number of halogens is 1. The Morgan fingerprint density at radius 3 is 2.81 bits per heavy atom. The summed E-state index contributed by atoms with van der Waals surface area (Å²) >= 11 is 8.90. The molecular weight excluding hydrogens is 426 g/mol. The predicted octanol–water partition coefficient (Wildman–Crippen LogP) is 4.32. The lowest BCUT2D eigenvalue weighted by Gasteiger charge is -2.20. The van der Waals surface area contributed by atoms with E-state index in [2.05, 4.69) is 9.97 Å². The summed E-state index contributed by atoms with van der Waals surface area (Å²) < 4.78 is 27.3. The normalized spacial score (nSPS) is 12.0. The first kappa shape index (κ1) is 18.5. The van der Waals surface area contributed by atoms with E-state index in [0.29, 0.717) is 21.2 Å². The van der Waals surface area contributed by atoms with Crippen LogP contribution in [-0.4, -0.2) is 30.5 Å². The molecule has 0 bridgehead atoms. The number of nitrogens with one attached hydrogen (secondary N) is 1. The number of sulfonamides is 1. The van der Waals surface area contributed by atoms with E-state index in [4.69, 9.17) is 11.6 Å². The zero-order valence-corrected chi connectivity index (χ0v) is 17.2. The Bertz CT molecular complexity index is 1210. The third-order valence-electron chi connectivity index (χ3n) is 4.08. The van der Waals surface area contributed by atoms with Gasteiger partial charge in [0.1, 0.15) is 9.22 Å². The van der Waals surface area contributed by atoms with Crippen molar-refractivity contribution in [2.75, 3.05) is 11.4 Å². The molecule has 0 saturated carbocycles. The third kappa shape index (κ3) is 3.15. The second-order valence-electron chi connectivity index (χ2n) is 5.74. The van der Waals surface area contributed by atoms with Crippen LogP contribution in [-0.2, 0) is 16.6 Å². The van der Waals surface area contributed by atoms with Crippen molar-refractivity contribution >= 4 is 60.9 Å². The second kappa shape index (κ2) is 6.92. The average molecular weight is 440 g/mol. The minimum atomic E-state index is -3.72. The molecule has 0 amide bonds. The Morgan fingerprint density at radius 2 is 2.15 bits per heavy atom. The molecule has 0 aliphatic carbocycles. The summed E-state index contributed by atoms with van der Waals surface area (Å²) in [6.07, 6.45) is 1.62. The molecule has 4 aromatic rings. The number of benzene rings is 1. The van der Waals surface area contributed by atoms with Gasteiger partial charge in [-0.25, -0.2) is 13.4 Å².